The monoisotopic (exact) mass is 410 g/mol. The van der Waals surface area contributed by atoms with Crippen LogP contribution in [0.1, 0.15) is 35.3 Å². The first-order valence-corrected chi connectivity index (χ1v) is 9.67. The van der Waals surface area contributed by atoms with Crippen LogP contribution < -0.4 is 23.7 Å². The smallest absolute Gasteiger partial charge is 0.206 e. The fourth-order valence-electron chi connectivity index (χ4n) is 4.21. The average Bonchev–Trinajstić information content (AvgIpc) is 2.73. The van der Waals surface area contributed by atoms with Crippen LogP contribution in [0.25, 0.3) is 6.08 Å². The highest BCUT2D eigenvalue weighted by Gasteiger charge is 2.56. The standard InChI is InChI=1S/C23H22O7/c1-22(2)8-7-12-15(30-22)6-5-13-20(12)29-19-11-28-16-10-18(27-4)17(26-3)9-14(16)23(19,25)21(13)24/h5-10,19,25H,11H2,1-4H3/t19-,23-/m1/s1. The molecule has 1 N–H and O–H groups in total. The fourth-order valence-corrected chi connectivity index (χ4v) is 4.21. The maximum Gasteiger partial charge on any atom is 0.206 e. The summed E-state index contributed by atoms with van der Waals surface area (Å²) in [5.74, 6) is 1.76. The number of hydrogen-bond acceptors (Lipinski definition) is 7. The van der Waals surface area contributed by atoms with Crippen molar-refractivity contribution in [3.63, 3.8) is 0 Å². The van der Waals surface area contributed by atoms with Crippen molar-refractivity contribution in [2.45, 2.75) is 31.2 Å². The van der Waals surface area contributed by atoms with Crippen LogP contribution in [0.4, 0.5) is 0 Å². The van der Waals surface area contributed by atoms with Gasteiger partial charge in [0.25, 0.3) is 0 Å². The molecular weight excluding hydrogens is 388 g/mol. The first-order valence-electron chi connectivity index (χ1n) is 9.67. The first-order chi connectivity index (χ1) is 14.3. The molecule has 2 aromatic rings. The van der Waals surface area contributed by atoms with E-state index < -0.39 is 23.1 Å². The van der Waals surface area contributed by atoms with Crippen molar-refractivity contribution >= 4 is 11.9 Å². The molecule has 0 amide bonds. The van der Waals surface area contributed by atoms with Crippen molar-refractivity contribution in [1.82, 2.24) is 0 Å². The van der Waals surface area contributed by atoms with Crippen molar-refractivity contribution in [3.8, 4) is 28.7 Å². The lowest BCUT2D eigenvalue weighted by atomic mass is 9.77. The summed E-state index contributed by atoms with van der Waals surface area (Å²) in [6.07, 6.45) is 2.88. The summed E-state index contributed by atoms with van der Waals surface area (Å²) in [7, 11) is 3.00. The number of Topliss-reactive ketones (excluding diaryl/α,β-unsaturated/α-hetero) is 1. The zero-order chi connectivity index (χ0) is 21.3. The van der Waals surface area contributed by atoms with Gasteiger partial charge in [-0.15, -0.1) is 0 Å². The Morgan fingerprint density at radius 1 is 1.10 bits per heavy atom. The molecule has 2 aromatic carbocycles. The van der Waals surface area contributed by atoms with E-state index in [0.717, 1.165) is 0 Å². The van der Waals surface area contributed by atoms with Crippen molar-refractivity contribution in [1.29, 1.82) is 0 Å². The van der Waals surface area contributed by atoms with E-state index in [9.17, 15) is 9.90 Å². The molecule has 30 heavy (non-hydrogen) atoms. The minimum Gasteiger partial charge on any atom is -0.493 e. The third-order valence-electron chi connectivity index (χ3n) is 5.78. The highest BCUT2D eigenvalue weighted by Crippen LogP contribution is 2.51. The quantitative estimate of drug-likeness (QED) is 0.814. The lowest BCUT2D eigenvalue weighted by Gasteiger charge is -2.44. The van der Waals surface area contributed by atoms with Crippen LogP contribution in [0.5, 0.6) is 28.7 Å². The molecule has 0 radical (unpaired) electrons. The molecular formula is C23H22O7. The Morgan fingerprint density at radius 3 is 2.57 bits per heavy atom. The number of carbonyl (C=O) groups excluding carboxylic acids is 1. The van der Waals surface area contributed by atoms with Gasteiger partial charge in [0, 0.05) is 11.6 Å². The van der Waals surface area contributed by atoms with E-state index >= 15 is 0 Å². The number of aliphatic hydroxyl groups is 1. The SMILES string of the molecule is COc1cc2c(cc1OC)[C@]1(O)C(=O)c3ccc4c(c3O[C@@H]1CO2)C=CC(C)(C)O4. The molecule has 0 bridgehead atoms. The van der Waals surface area contributed by atoms with E-state index in [1.165, 1.54) is 14.2 Å². The Balaban J connectivity index is 1.66. The van der Waals surface area contributed by atoms with Crippen LogP contribution in [-0.4, -0.2) is 43.4 Å². The van der Waals surface area contributed by atoms with Crippen molar-refractivity contribution in [3.05, 3.63) is 47.0 Å². The largest absolute Gasteiger partial charge is 0.493 e. The number of carbonyl (C=O) groups is 1. The van der Waals surface area contributed by atoms with Gasteiger partial charge in [-0.05, 0) is 44.2 Å². The first kappa shape index (κ1) is 18.8. The minimum absolute atomic E-state index is 0.00386. The van der Waals surface area contributed by atoms with Gasteiger partial charge in [0.2, 0.25) is 5.78 Å². The third-order valence-corrected chi connectivity index (χ3v) is 5.78. The highest BCUT2D eigenvalue weighted by molar-refractivity contribution is 6.08. The molecule has 5 rings (SSSR count). The van der Waals surface area contributed by atoms with E-state index in [2.05, 4.69) is 0 Å². The second-order valence-electron chi connectivity index (χ2n) is 8.11. The van der Waals surface area contributed by atoms with Crippen LogP contribution >= 0.6 is 0 Å². The number of ketones is 1. The molecule has 2 atom stereocenters. The molecule has 0 aliphatic carbocycles. The zero-order valence-corrected chi connectivity index (χ0v) is 17.1. The maximum absolute atomic E-state index is 13.6. The molecule has 0 unspecified atom stereocenters. The molecule has 0 aromatic heterocycles. The second kappa shape index (κ2) is 6.15. The van der Waals surface area contributed by atoms with Gasteiger partial charge < -0.3 is 28.8 Å². The van der Waals surface area contributed by atoms with Crippen LogP contribution in [-0.2, 0) is 5.60 Å². The fraction of sp³-hybridized carbons (Fsp3) is 0.348. The van der Waals surface area contributed by atoms with Crippen molar-refractivity contribution in [2.24, 2.45) is 0 Å². The van der Waals surface area contributed by atoms with Gasteiger partial charge >= 0.3 is 0 Å². The van der Waals surface area contributed by atoms with Gasteiger partial charge in [0.15, 0.2) is 23.2 Å². The number of fused-ring (bicyclic) bond motifs is 6. The van der Waals surface area contributed by atoms with E-state index in [0.29, 0.717) is 39.9 Å². The number of benzene rings is 2. The topological polar surface area (TPSA) is 83.5 Å². The predicted molar refractivity (Wildman–Crippen MR) is 108 cm³/mol. The molecule has 0 saturated heterocycles. The summed E-state index contributed by atoms with van der Waals surface area (Å²) >= 11 is 0. The Labute approximate surface area is 173 Å². The van der Waals surface area contributed by atoms with E-state index in [4.69, 9.17) is 23.7 Å². The Hall–Kier alpha value is -3.19. The summed E-state index contributed by atoms with van der Waals surface area (Å²) in [4.78, 5) is 13.6. The summed E-state index contributed by atoms with van der Waals surface area (Å²) in [5.41, 5.74) is -1.10. The third kappa shape index (κ3) is 2.45. The van der Waals surface area contributed by atoms with Gasteiger partial charge in [-0.25, -0.2) is 0 Å². The normalized spacial score (nSPS) is 24.8. The van der Waals surface area contributed by atoms with Crippen LogP contribution in [0.15, 0.2) is 30.3 Å². The number of ether oxygens (including phenoxy) is 5. The molecule has 3 heterocycles. The lowest BCUT2D eigenvalue weighted by molar-refractivity contribution is -0.0802. The molecule has 156 valence electrons. The summed E-state index contributed by atoms with van der Waals surface area (Å²) in [5, 5.41) is 11.6. The van der Waals surface area contributed by atoms with Crippen molar-refractivity contribution < 1.29 is 33.6 Å². The number of rotatable bonds is 2. The van der Waals surface area contributed by atoms with E-state index in [1.54, 1.807) is 24.3 Å². The summed E-state index contributed by atoms with van der Waals surface area (Å²) in [6, 6.07) is 6.54. The molecule has 3 aliphatic rings. The molecule has 3 aliphatic heterocycles. The van der Waals surface area contributed by atoms with Crippen LogP contribution in [0.3, 0.4) is 0 Å². The minimum atomic E-state index is -1.91. The van der Waals surface area contributed by atoms with E-state index in [1.807, 2.05) is 26.0 Å². The Bertz CT molecular complexity index is 1100. The van der Waals surface area contributed by atoms with Gasteiger partial charge in [-0.2, -0.15) is 0 Å². The summed E-state index contributed by atoms with van der Waals surface area (Å²) in [6.45, 7) is 3.90. The van der Waals surface area contributed by atoms with E-state index in [-0.39, 0.29) is 12.2 Å². The van der Waals surface area contributed by atoms with Gasteiger partial charge in [0.1, 0.15) is 29.5 Å². The molecule has 7 nitrogen and oxygen atoms in total. The predicted octanol–water partition coefficient (Wildman–Crippen LogP) is 3.11. The second-order valence-corrected chi connectivity index (χ2v) is 8.11. The Morgan fingerprint density at radius 2 is 1.83 bits per heavy atom. The lowest BCUT2D eigenvalue weighted by Crippen LogP contribution is -2.57. The Kier molecular flexibility index (Phi) is 3.86. The molecule has 0 fully saturated rings. The maximum atomic E-state index is 13.6. The number of hydrogen-bond donors (Lipinski definition) is 1. The molecule has 0 spiro atoms. The van der Waals surface area contributed by atoms with Crippen molar-refractivity contribution in [2.75, 3.05) is 20.8 Å². The zero-order valence-electron chi connectivity index (χ0n) is 17.1. The van der Waals surface area contributed by atoms with Gasteiger partial charge in [-0.1, -0.05) is 0 Å². The van der Waals surface area contributed by atoms with Crippen LogP contribution in [0.2, 0.25) is 0 Å². The average molecular weight is 410 g/mol. The van der Waals surface area contributed by atoms with Gasteiger partial charge in [-0.3, -0.25) is 4.79 Å². The summed E-state index contributed by atoms with van der Waals surface area (Å²) < 4.78 is 28.6. The molecule has 7 heteroatoms. The highest BCUT2D eigenvalue weighted by atomic mass is 16.6. The van der Waals surface area contributed by atoms with Crippen LogP contribution in [0, 0.1) is 0 Å². The number of methoxy groups -OCH3 is 2. The molecule has 0 saturated carbocycles. The van der Waals surface area contributed by atoms with Gasteiger partial charge in [0.05, 0.1) is 25.3 Å².